The van der Waals surface area contributed by atoms with E-state index in [1.165, 1.54) is 22.5 Å². The molecule has 0 spiro atoms. The maximum absolute atomic E-state index is 12.8. The number of sulfonamides is 1. The van der Waals surface area contributed by atoms with Crippen LogP contribution in [0.3, 0.4) is 0 Å². The third-order valence-electron chi connectivity index (χ3n) is 3.59. The van der Waals surface area contributed by atoms with Crippen molar-refractivity contribution in [3.05, 3.63) is 28.2 Å². The molecule has 0 amide bonds. The van der Waals surface area contributed by atoms with E-state index in [9.17, 15) is 13.2 Å². The van der Waals surface area contributed by atoms with Crippen molar-refractivity contribution in [2.45, 2.75) is 30.0 Å². The molecule has 8 heteroatoms. The van der Waals surface area contributed by atoms with Gasteiger partial charge < -0.3 is 5.11 Å². The van der Waals surface area contributed by atoms with E-state index >= 15 is 0 Å². The molecule has 0 aromatic heterocycles. The lowest BCUT2D eigenvalue weighted by molar-refractivity contribution is 0.0696. The van der Waals surface area contributed by atoms with Crippen LogP contribution in [0.1, 0.15) is 24.2 Å². The van der Waals surface area contributed by atoms with E-state index in [2.05, 4.69) is 15.9 Å². The monoisotopic (exact) mass is 393 g/mol. The van der Waals surface area contributed by atoms with E-state index in [0.717, 1.165) is 5.75 Å². The van der Waals surface area contributed by atoms with Crippen molar-refractivity contribution in [2.24, 2.45) is 0 Å². The molecule has 116 valence electrons. The molecule has 1 aliphatic heterocycles. The third-order valence-corrected chi connectivity index (χ3v) is 7.89. The Morgan fingerprint density at radius 2 is 2.10 bits per heavy atom. The van der Waals surface area contributed by atoms with Crippen molar-refractivity contribution >= 4 is 43.7 Å². The second-order valence-corrected chi connectivity index (χ2v) is 9.08. The van der Waals surface area contributed by atoms with Gasteiger partial charge in [-0.25, -0.2) is 13.2 Å². The quantitative estimate of drug-likeness (QED) is 0.853. The van der Waals surface area contributed by atoms with Gasteiger partial charge in [0.15, 0.2) is 0 Å². The van der Waals surface area contributed by atoms with Gasteiger partial charge in [-0.15, -0.1) is 0 Å². The van der Waals surface area contributed by atoms with Crippen LogP contribution in [0.4, 0.5) is 0 Å². The molecule has 0 radical (unpaired) electrons. The summed E-state index contributed by atoms with van der Waals surface area (Å²) in [5.41, 5.74) is 0.0523. The maximum atomic E-state index is 12.8. The number of aromatic carboxylic acids is 1. The predicted molar refractivity (Wildman–Crippen MR) is 86.4 cm³/mol. The van der Waals surface area contributed by atoms with Crippen LogP contribution < -0.4 is 0 Å². The Bertz CT molecular complexity index is 662. The highest BCUT2D eigenvalue weighted by Gasteiger charge is 2.35. The molecular formula is C13H16BrNO4S2. The van der Waals surface area contributed by atoms with Crippen molar-refractivity contribution < 1.29 is 18.3 Å². The molecular weight excluding hydrogens is 378 g/mol. The minimum absolute atomic E-state index is 0.0523. The van der Waals surface area contributed by atoms with E-state index in [0.29, 0.717) is 6.54 Å². The molecule has 2 atom stereocenters. The summed E-state index contributed by atoms with van der Waals surface area (Å²) in [5, 5.41) is 9.17. The van der Waals surface area contributed by atoms with Crippen molar-refractivity contribution in [2.75, 3.05) is 12.3 Å². The van der Waals surface area contributed by atoms with Gasteiger partial charge in [0.05, 0.1) is 10.5 Å². The average Bonchev–Trinajstić information content (AvgIpc) is 2.41. The minimum Gasteiger partial charge on any atom is -0.478 e. The molecule has 1 N–H and O–H groups in total. The van der Waals surface area contributed by atoms with Crippen LogP contribution in [0.5, 0.6) is 0 Å². The zero-order chi connectivity index (χ0) is 15.8. The van der Waals surface area contributed by atoms with Crippen molar-refractivity contribution in [3.8, 4) is 0 Å². The SMILES string of the molecule is CC1SCCN(S(=O)(=O)c2ccc(C(=O)O)cc2Br)C1C. The number of carboxylic acids is 1. The molecule has 1 aromatic rings. The summed E-state index contributed by atoms with van der Waals surface area (Å²) in [6, 6.07) is 3.89. The number of carbonyl (C=O) groups is 1. The van der Waals surface area contributed by atoms with Crippen LogP contribution in [-0.2, 0) is 10.0 Å². The smallest absolute Gasteiger partial charge is 0.335 e. The summed E-state index contributed by atoms with van der Waals surface area (Å²) in [6.45, 7) is 4.37. The summed E-state index contributed by atoms with van der Waals surface area (Å²) in [7, 11) is -3.64. The molecule has 0 bridgehead atoms. The number of benzene rings is 1. The first-order valence-corrected chi connectivity index (χ1v) is 9.69. The number of halogens is 1. The van der Waals surface area contributed by atoms with E-state index in [4.69, 9.17) is 5.11 Å². The topological polar surface area (TPSA) is 74.7 Å². The first kappa shape index (κ1) is 16.8. The van der Waals surface area contributed by atoms with Gasteiger partial charge in [-0.05, 0) is 41.1 Å². The maximum Gasteiger partial charge on any atom is 0.335 e. The van der Waals surface area contributed by atoms with Crippen LogP contribution in [-0.4, -0.2) is 47.4 Å². The fraction of sp³-hybridized carbons (Fsp3) is 0.462. The Balaban J connectivity index is 2.42. The number of nitrogens with zero attached hydrogens (tertiary/aromatic N) is 1. The second-order valence-electron chi connectivity index (χ2n) is 4.88. The standard InChI is InChI=1S/C13H16BrNO4S2/c1-8-9(2)20-6-5-15(8)21(18,19)12-4-3-10(13(16)17)7-11(12)14/h3-4,7-9H,5-6H2,1-2H3,(H,16,17). The summed E-state index contributed by atoms with van der Waals surface area (Å²) in [5.74, 6) is -0.328. The molecule has 21 heavy (non-hydrogen) atoms. The average molecular weight is 394 g/mol. The Labute approximate surface area is 136 Å². The molecule has 2 unspecified atom stereocenters. The summed E-state index contributed by atoms with van der Waals surface area (Å²) < 4.78 is 27.3. The van der Waals surface area contributed by atoms with Gasteiger partial charge in [0.2, 0.25) is 10.0 Å². The molecule has 5 nitrogen and oxygen atoms in total. The lowest BCUT2D eigenvalue weighted by atomic mass is 10.2. The molecule has 1 aliphatic rings. The second kappa shape index (κ2) is 6.28. The fourth-order valence-electron chi connectivity index (χ4n) is 2.21. The number of rotatable bonds is 3. The number of carboxylic acid groups (broad SMARTS) is 1. The number of hydrogen-bond donors (Lipinski definition) is 1. The zero-order valence-electron chi connectivity index (χ0n) is 11.6. The Kier molecular flexibility index (Phi) is 5.02. The Morgan fingerprint density at radius 1 is 1.43 bits per heavy atom. The molecule has 1 fully saturated rings. The number of thioether (sulfide) groups is 1. The van der Waals surface area contributed by atoms with Gasteiger partial charge in [0.25, 0.3) is 0 Å². The molecule has 1 aromatic carbocycles. The first-order valence-electron chi connectivity index (χ1n) is 6.41. The molecule has 1 heterocycles. The van der Waals surface area contributed by atoms with Crippen molar-refractivity contribution in [1.29, 1.82) is 0 Å². The van der Waals surface area contributed by atoms with E-state index in [-0.39, 0.29) is 26.2 Å². The lowest BCUT2D eigenvalue weighted by Gasteiger charge is -2.36. The highest BCUT2D eigenvalue weighted by molar-refractivity contribution is 9.10. The van der Waals surface area contributed by atoms with Crippen LogP contribution in [0.15, 0.2) is 27.6 Å². The van der Waals surface area contributed by atoms with Gasteiger partial charge in [-0.2, -0.15) is 16.1 Å². The Hall–Kier alpha value is -0.570. The van der Waals surface area contributed by atoms with Crippen LogP contribution in [0.25, 0.3) is 0 Å². The normalized spacial score (nSPS) is 24.0. The van der Waals surface area contributed by atoms with Gasteiger partial charge in [-0.1, -0.05) is 6.92 Å². The fourth-order valence-corrected chi connectivity index (χ4v) is 6.25. The predicted octanol–water partition coefficient (Wildman–Crippen LogP) is 2.66. The highest BCUT2D eigenvalue weighted by atomic mass is 79.9. The minimum atomic E-state index is -3.64. The van der Waals surface area contributed by atoms with E-state index < -0.39 is 16.0 Å². The highest BCUT2D eigenvalue weighted by Crippen LogP contribution is 2.32. The van der Waals surface area contributed by atoms with Crippen LogP contribution in [0, 0.1) is 0 Å². The summed E-state index contributed by atoms with van der Waals surface area (Å²) in [4.78, 5) is 11.0. The van der Waals surface area contributed by atoms with Crippen LogP contribution >= 0.6 is 27.7 Å². The van der Waals surface area contributed by atoms with E-state index in [1.54, 1.807) is 11.8 Å². The molecule has 0 saturated carbocycles. The van der Waals surface area contributed by atoms with Gasteiger partial charge >= 0.3 is 5.97 Å². The summed E-state index contributed by atoms with van der Waals surface area (Å²) >= 11 is 4.93. The zero-order valence-corrected chi connectivity index (χ0v) is 14.8. The van der Waals surface area contributed by atoms with E-state index in [1.807, 2.05) is 13.8 Å². The third kappa shape index (κ3) is 3.28. The first-order chi connectivity index (χ1) is 9.75. The molecule has 2 rings (SSSR count). The summed E-state index contributed by atoms with van der Waals surface area (Å²) in [6.07, 6.45) is 0. The lowest BCUT2D eigenvalue weighted by Crippen LogP contribution is -2.47. The molecule has 1 saturated heterocycles. The van der Waals surface area contributed by atoms with Gasteiger partial charge in [0.1, 0.15) is 0 Å². The molecule has 0 aliphatic carbocycles. The Morgan fingerprint density at radius 3 is 2.67 bits per heavy atom. The largest absolute Gasteiger partial charge is 0.478 e. The van der Waals surface area contributed by atoms with Gasteiger partial charge in [0, 0.05) is 28.1 Å². The van der Waals surface area contributed by atoms with Crippen molar-refractivity contribution in [3.63, 3.8) is 0 Å². The van der Waals surface area contributed by atoms with Gasteiger partial charge in [-0.3, -0.25) is 0 Å². The number of hydrogen-bond acceptors (Lipinski definition) is 4. The van der Waals surface area contributed by atoms with Crippen molar-refractivity contribution in [1.82, 2.24) is 4.31 Å². The van der Waals surface area contributed by atoms with Crippen LogP contribution in [0.2, 0.25) is 0 Å².